The number of hydrogen-bond acceptors (Lipinski definition) is 5. The molecule has 0 spiro atoms. The van der Waals surface area contributed by atoms with Crippen LogP contribution >= 0.6 is 0 Å². The number of aliphatic hydroxyl groups excluding tert-OH is 1. The SMILES string of the molecule is CCCCCCCCCCCCCC(=O)OC[C@@H](O)COC(=O)CCCCCCC. The minimum atomic E-state index is -0.949. The van der Waals surface area contributed by atoms with Crippen molar-refractivity contribution >= 4 is 11.9 Å². The van der Waals surface area contributed by atoms with Gasteiger partial charge in [-0.1, -0.05) is 104 Å². The Morgan fingerprint density at radius 2 is 0.867 bits per heavy atom. The predicted octanol–water partition coefficient (Wildman–Crippen LogP) is 6.50. The number of hydrogen-bond donors (Lipinski definition) is 1. The van der Waals surface area contributed by atoms with Gasteiger partial charge in [-0.2, -0.15) is 0 Å². The lowest BCUT2D eigenvalue weighted by Gasteiger charge is -2.12. The Kier molecular flexibility index (Phi) is 21.8. The van der Waals surface area contributed by atoms with Gasteiger partial charge in [-0.15, -0.1) is 0 Å². The van der Waals surface area contributed by atoms with Gasteiger partial charge in [0.25, 0.3) is 0 Å². The lowest BCUT2D eigenvalue weighted by Crippen LogP contribution is -2.25. The van der Waals surface area contributed by atoms with E-state index >= 15 is 0 Å². The van der Waals surface area contributed by atoms with E-state index in [2.05, 4.69) is 13.8 Å². The second kappa shape index (κ2) is 22.6. The Balaban J connectivity index is 3.43. The van der Waals surface area contributed by atoms with E-state index in [1.807, 2.05) is 0 Å². The lowest BCUT2D eigenvalue weighted by molar-refractivity contribution is -0.152. The molecule has 30 heavy (non-hydrogen) atoms. The predicted molar refractivity (Wildman–Crippen MR) is 122 cm³/mol. The summed E-state index contributed by atoms with van der Waals surface area (Å²) in [5.41, 5.74) is 0. The van der Waals surface area contributed by atoms with Crippen LogP contribution in [-0.2, 0) is 19.1 Å². The summed E-state index contributed by atoms with van der Waals surface area (Å²) >= 11 is 0. The number of carbonyl (C=O) groups excluding carboxylic acids is 2. The van der Waals surface area contributed by atoms with E-state index in [0.717, 1.165) is 32.1 Å². The quantitative estimate of drug-likeness (QED) is 0.157. The molecule has 5 heteroatoms. The molecule has 0 unspecified atom stereocenters. The molecule has 1 atom stereocenters. The Bertz CT molecular complexity index is 397. The van der Waals surface area contributed by atoms with Crippen LogP contribution in [0.4, 0.5) is 0 Å². The van der Waals surface area contributed by atoms with Crippen molar-refractivity contribution in [2.75, 3.05) is 13.2 Å². The number of aliphatic hydroxyl groups is 1. The van der Waals surface area contributed by atoms with Crippen molar-refractivity contribution in [3.05, 3.63) is 0 Å². The van der Waals surface area contributed by atoms with Crippen molar-refractivity contribution in [1.82, 2.24) is 0 Å². The Hall–Kier alpha value is -1.10. The first kappa shape index (κ1) is 28.9. The molecule has 0 fully saturated rings. The van der Waals surface area contributed by atoms with Gasteiger partial charge in [-0.05, 0) is 12.8 Å². The third-order valence-electron chi connectivity index (χ3n) is 5.34. The smallest absolute Gasteiger partial charge is 0.305 e. The fourth-order valence-electron chi connectivity index (χ4n) is 3.38. The van der Waals surface area contributed by atoms with Crippen LogP contribution in [0, 0.1) is 0 Å². The number of esters is 2. The molecule has 0 aliphatic carbocycles. The van der Waals surface area contributed by atoms with Gasteiger partial charge in [0.15, 0.2) is 0 Å². The van der Waals surface area contributed by atoms with Gasteiger partial charge in [0.2, 0.25) is 0 Å². The molecule has 0 rings (SSSR count). The Morgan fingerprint density at radius 3 is 1.20 bits per heavy atom. The van der Waals surface area contributed by atoms with Crippen LogP contribution in [0.3, 0.4) is 0 Å². The zero-order chi connectivity index (χ0) is 22.3. The van der Waals surface area contributed by atoms with Crippen molar-refractivity contribution in [2.45, 2.75) is 136 Å². The highest BCUT2D eigenvalue weighted by Crippen LogP contribution is 2.12. The highest BCUT2D eigenvalue weighted by molar-refractivity contribution is 5.69. The molecule has 0 aromatic rings. The van der Waals surface area contributed by atoms with E-state index < -0.39 is 6.10 Å². The normalized spacial score (nSPS) is 12.0. The third kappa shape index (κ3) is 21.6. The largest absolute Gasteiger partial charge is 0.463 e. The molecule has 1 N–H and O–H groups in total. The molecule has 0 saturated carbocycles. The van der Waals surface area contributed by atoms with Gasteiger partial charge in [0.05, 0.1) is 0 Å². The molecule has 0 aromatic heterocycles. The van der Waals surface area contributed by atoms with Gasteiger partial charge in [0, 0.05) is 12.8 Å². The van der Waals surface area contributed by atoms with Gasteiger partial charge in [-0.25, -0.2) is 0 Å². The number of rotatable bonds is 22. The van der Waals surface area contributed by atoms with Crippen LogP contribution in [0.25, 0.3) is 0 Å². The van der Waals surface area contributed by atoms with E-state index in [0.29, 0.717) is 12.8 Å². The zero-order valence-corrected chi connectivity index (χ0v) is 19.8. The van der Waals surface area contributed by atoms with E-state index in [4.69, 9.17) is 9.47 Å². The van der Waals surface area contributed by atoms with Crippen LogP contribution in [-0.4, -0.2) is 36.4 Å². The molecule has 0 amide bonds. The molecule has 5 nitrogen and oxygen atoms in total. The van der Waals surface area contributed by atoms with Crippen molar-refractivity contribution in [2.24, 2.45) is 0 Å². The van der Waals surface area contributed by atoms with Gasteiger partial charge in [0.1, 0.15) is 19.3 Å². The summed E-state index contributed by atoms with van der Waals surface area (Å²) in [6.07, 6.45) is 18.8. The standard InChI is InChI=1S/C25H48O5/c1-3-5-7-9-10-11-12-13-14-16-18-20-25(28)30-22-23(26)21-29-24(27)19-17-15-8-6-4-2/h23,26H,3-22H2,1-2H3/t23-/m0/s1. The van der Waals surface area contributed by atoms with Gasteiger partial charge in [-0.3, -0.25) is 9.59 Å². The van der Waals surface area contributed by atoms with Crippen LogP contribution in [0.15, 0.2) is 0 Å². The van der Waals surface area contributed by atoms with Crippen molar-refractivity contribution < 1.29 is 24.2 Å². The molecule has 178 valence electrons. The topological polar surface area (TPSA) is 72.8 Å². The van der Waals surface area contributed by atoms with Gasteiger partial charge >= 0.3 is 11.9 Å². The van der Waals surface area contributed by atoms with Crippen molar-refractivity contribution in [3.8, 4) is 0 Å². The van der Waals surface area contributed by atoms with Crippen molar-refractivity contribution in [3.63, 3.8) is 0 Å². The zero-order valence-electron chi connectivity index (χ0n) is 19.8. The molecular weight excluding hydrogens is 380 g/mol. The molecule has 0 radical (unpaired) electrons. The molecular formula is C25H48O5. The average Bonchev–Trinajstić information content (AvgIpc) is 2.74. The van der Waals surface area contributed by atoms with E-state index in [-0.39, 0.29) is 25.2 Å². The molecule has 0 saturated heterocycles. The number of unbranched alkanes of at least 4 members (excludes halogenated alkanes) is 14. The van der Waals surface area contributed by atoms with Crippen LogP contribution in [0.5, 0.6) is 0 Å². The summed E-state index contributed by atoms with van der Waals surface area (Å²) < 4.78 is 10.1. The highest BCUT2D eigenvalue weighted by Gasteiger charge is 2.12. The number of ether oxygens (including phenoxy) is 2. The minimum Gasteiger partial charge on any atom is -0.463 e. The minimum absolute atomic E-state index is 0.110. The number of carbonyl (C=O) groups is 2. The molecule has 0 heterocycles. The van der Waals surface area contributed by atoms with E-state index in [1.54, 1.807) is 0 Å². The summed E-state index contributed by atoms with van der Waals surface area (Å²) in [6.45, 7) is 4.17. The Morgan fingerprint density at radius 1 is 0.567 bits per heavy atom. The maximum Gasteiger partial charge on any atom is 0.305 e. The molecule has 0 aliphatic rings. The summed E-state index contributed by atoms with van der Waals surface area (Å²) in [6, 6.07) is 0. The molecule has 0 aromatic carbocycles. The first-order valence-corrected chi connectivity index (χ1v) is 12.6. The van der Waals surface area contributed by atoms with E-state index in [1.165, 1.54) is 70.6 Å². The molecule has 0 bridgehead atoms. The van der Waals surface area contributed by atoms with Crippen LogP contribution < -0.4 is 0 Å². The monoisotopic (exact) mass is 428 g/mol. The van der Waals surface area contributed by atoms with Crippen LogP contribution in [0.2, 0.25) is 0 Å². The summed E-state index contributed by atoms with van der Waals surface area (Å²) in [7, 11) is 0. The molecule has 0 aliphatic heterocycles. The fraction of sp³-hybridized carbons (Fsp3) is 0.920. The maximum atomic E-state index is 11.7. The lowest BCUT2D eigenvalue weighted by atomic mass is 10.1. The second-order valence-corrected chi connectivity index (χ2v) is 8.47. The first-order chi connectivity index (χ1) is 14.6. The first-order valence-electron chi connectivity index (χ1n) is 12.6. The fourth-order valence-corrected chi connectivity index (χ4v) is 3.38. The second-order valence-electron chi connectivity index (χ2n) is 8.47. The third-order valence-corrected chi connectivity index (χ3v) is 5.34. The Labute approximate surface area is 185 Å². The van der Waals surface area contributed by atoms with E-state index in [9.17, 15) is 14.7 Å². The maximum absolute atomic E-state index is 11.7. The summed E-state index contributed by atoms with van der Waals surface area (Å²) in [5, 5.41) is 9.79. The highest BCUT2D eigenvalue weighted by atomic mass is 16.6. The van der Waals surface area contributed by atoms with Gasteiger partial charge < -0.3 is 14.6 Å². The van der Waals surface area contributed by atoms with Crippen molar-refractivity contribution in [1.29, 1.82) is 0 Å². The summed E-state index contributed by atoms with van der Waals surface area (Å²) in [5.74, 6) is -0.579. The summed E-state index contributed by atoms with van der Waals surface area (Å²) in [4.78, 5) is 23.3. The average molecular weight is 429 g/mol. The van der Waals surface area contributed by atoms with Crippen LogP contribution in [0.1, 0.15) is 129 Å².